The number of imidazole rings is 1. The molecule has 4 nitrogen and oxygen atoms in total. The number of pyridine rings is 3. The molecule has 0 saturated heterocycles. The Labute approximate surface area is 200 Å². The highest BCUT2D eigenvalue weighted by Crippen LogP contribution is 2.48. The number of aromatic nitrogens is 4. The smallest absolute Gasteiger partial charge is 0.165 e. The minimum atomic E-state index is 0.877. The number of fused-ring (bicyclic) bond motifs is 15. The Bertz CT molecular complexity index is 2070. The monoisotopic (exact) mass is 446 g/mol. The topological polar surface area (TPSA) is 43.1 Å². The number of rotatable bonds is 0. The van der Waals surface area contributed by atoms with E-state index in [1.807, 2.05) is 30.6 Å². The lowest BCUT2D eigenvalue weighted by molar-refractivity contribution is 1.23. The Hall–Kier alpha value is -4.57. The molecule has 7 aromatic rings. The Balaban J connectivity index is 1.45. The van der Waals surface area contributed by atoms with Crippen molar-refractivity contribution in [1.29, 1.82) is 0 Å². The third-order valence-electron chi connectivity index (χ3n) is 7.88. The fraction of sp³-hybridized carbons (Fsp3) is 0.0645. The molecule has 0 radical (unpaired) electrons. The first-order valence-electron chi connectivity index (χ1n) is 12.0. The van der Waals surface area contributed by atoms with Gasteiger partial charge >= 0.3 is 0 Å². The van der Waals surface area contributed by atoms with Gasteiger partial charge in [-0.25, -0.2) is 9.97 Å². The van der Waals surface area contributed by atoms with Gasteiger partial charge in [0, 0.05) is 23.2 Å². The first kappa shape index (κ1) is 17.8. The summed E-state index contributed by atoms with van der Waals surface area (Å²) in [6, 6.07) is 26.3. The second kappa shape index (κ2) is 6.10. The third kappa shape index (κ3) is 2.15. The lowest BCUT2D eigenvalue weighted by Crippen LogP contribution is -1.96. The molecule has 0 atom stereocenters. The largest absolute Gasteiger partial charge is 0.274 e. The molecule has 0 spiro atoms. The van der Waals surface area contributed by atoms with Gasteiger partial charge in [-0.05, 0) is 93.7 Å². The van der Waals surface area contributed by atoms with Crippen LogP contribution in [0.5, 0.6) is 0 Å². The Morgan fingerprint density at radius 1 is 0.629 bits per heavy atom. The van der Waals surface area contributed by atoms with E-state index in [0.29, 0.717) is 0 Å². The van der Waals surface area contributed by atoms with E-state index in [2.05, 4.69) is 59.0 Å². The second-order valence-electron chi connectivity index (χ2n) is 9.69. The summed E-state index contributed by atoms with van der Waals surface area (Å²) in [5, 5.41) is 2.33. The molecule has 0 bridgehead atoms. The van der Waals surface area contributed by atoms with Crippen molar-refractivity contribution in [3.05, 3.63) is 107 Å². The van der Waals surface area contributed by atoms with Gasteiger partial charge in [-0.1, -0.05) is 36.4 Å². The van der Waals surface area contributed by atoms with Gasteiger partial charge in [0.1, 0.15) is 11.2 Å². The zero-order valence-corrected chi connectivity index (χ0v) is 18.8. The first-order valence-corrected chi connectivity index (χ1v) is 12.0. The van der Waals surface area contributed by atoms with Crippen LogP contribution in [0.2, 0.25) is 0 Å². The van der Waals surface area contributed by atoms with Crippen LogP contribution in [-0.2, 0) is 12.8 Å². The molecule has 0 unspecified atom stereocenters. The van der Waals surface area contributed by atoms with Crippen LogP contribution in [0.1, 0.15) is 22.3 Å². The number of nitrogens with zero attached hydrogens (tertiary/aromatic N) is 4. The maximum Gasteiger partial charge on any atom is 0.165 e. The Morgan fingerprint density at radius 3 is 2.46 bits per heavy atom. The molecular formula is C31H18N4. The van der Waals surface area contributed by atoms with E-state index < -0.39 is 0 Å². The van der Waals surface area contributed by atoms with Crippen molar-refractivity contribution >= 4 is 38.6 Å². The minimum absolute atomic E-state index is 0.877. The van der Waals surface area contributed by atoms with E-state index in [0.717, 1.165) is 46.1 Å². The normalized spacial score (nSPS) is 13.5. The van der Waals surface area contributed by atoms with Crippen LogP contribution in [-0.4, -0.2) is 19.4 Å². The third-order valence-corrected chi connectivity index (χ3v) is 7.88. The zero-order valence-electron chi connectivity index (χ0n) is 18.8. The average Bonchev–Trinajstić information content (AvgIpc) is 3.58. The average molecular weight is 447 g/mol. The molecule has 4 heterocycles. The van der Waals surface area contributed by atoms with E-state index >= 15 is 0 Å². The molecule has 0 amide bonds. The molecular weight excluding hydrogens is 428 g/mol. The lowest BCUT2D eigenvalue weighted by Gasteiger charge is -2.13. The fourth-order valence-corrected chi connectivity index (χ4v) is 6.44. The summed E-state index contributed by atoms with van der Waals surface area (Å²) < 4.78 is 2.20. The van der Waals surface area contributed by atoms with Gasteiger partial charge in [0.15, 0.2) is 5.65 Å². The van der Waals surface area contributed by atoms with Crippen LogP contribution < -0.4 is 0 Å². The highest BCUT2D eigenvalue weighted by Gasteiger charge is 2.28. The quantitative estimate of drug-likeness (QED) is 0.243. The van der Waals surface area contributed by atoms with Crippen LogP contribution >= 0.6 is 0 Å². The summed E-state index contributed by atoms with van der Waals surface area (Å²) in [6.07, 6.45) is 5.66. The van der Waals surface area contributed by atoms with Crippen molar-refractivity contribution in [1.82, 2.24) is 19.4 Å². The van der Waals surface area contributed by atoms with Crippen LogP contribution in [0.25, 0.3) is 60.9 Å². The van der Waals surface area contributed by atoms with Crippen molar-refractivity contribution in [2.75, 3.05) is 0 Å². The molecule has 35 heavy (non-hydrogen) atoms. The lowest BCUT2D eigenvalue weighted by atomic mass is 9.95. The van der Waals surface area contributed by atoms with Crippen LogP contribution in [0.3, 0.4) is 0 Å². The Kier molecular flexibility index (Phi) is 3.11. The molecule has 0 aliphatic heterocycles. The summed E-state index contributed by atoms with van der Waals surface area (Å²) in [5.41, 5.74) is 15.8. The SMILES string of the molecule is c1ccc2c(c1)Cc1cc3c(cc1-2)Cc1ccc2c4ncccc4n4c5ncccc5nc4c2c1-3. The second-order valence-corrected chi connectivity index (χ2v) is 9.69. The van der Waals surface area contributed by atoms with Crippen LogP contribution in [0.4, 0.5) is 0 Å². The summed E-state index contributed by atoms with van der Waals surface area (Å²) in [7, 11) is 0. The van der Waals surface area contributed by atoms with E-state index in [1.165, 1.54) is 49.9 Å². The summed E-state index contributed by atoms with van der Waals surface area (Å²) in [4.78, 5) is 14.7. The fourth-order valence-electron chi connectivity index (χ4n) is 6.44. The zero-order chi connectivity index (χ0) is 22.7. The molecule has 4 heteroatoms. The Morgan fingerprint density at radius 2 is 1.46 bits per heavy atom. The van der Waals surface area contributed by atoms with E-state index in [1.54, 1.807) is 0 Å². The minimum Gasteiger partial charge on any atom is -0.274 e. The van der Waals surface area contributed by atoms with Crippen molar-refractivity contribution in [3.63, 3.8) is 0 Å². The van der Waals surface area contributed by atoms with Crippen LogP contribution in [0.15, 0.2) is 85.2 Å². The number of benzene rings is 3. The van der Waals surface area contributed by atoms with Crippen LogP contribution in [0, 0.1) is 0 Å². The van der Waals surface area contributed by atoms with Crippen molar-refractivity contribution in [2.24, 2.45) is 0 Å². The van der Waals surface area contributed by atoms with Gasteiger partial charge in [0.25, 0.3) is 0 Å². The summed E-state index contributed by atoms with van der Waals surface area (Å²) in [5.74, 6) is 0. The predicted molar refractivity (Wildman–Crippen MR) is 140 cm³/mol. The van der Waals surface area contributed by atoms with Crippen molar-refractivity contribution < 1.29 is 0 Å². The maximum absolute atomic E-state index is 5.12. The van der Waals surface area contributed by atoms with Gasteiger partial charge < -0.3 is 0 Å². The maximum atomic E-state index is 5.12. The molecule has 0 saturated carbocycles. The molecule has 0 fully saturated rings. The standard InChI is InChI=1S/C31H18N4/c1-2-6-21-17(5-1)13-19-16-24-20(15-23(19)21)14-18-9-10-22-28(27(18)24)31-34-25-7-3-12-33-30(25)35(31)26-8-4-11-32-29(22)26/h1-12,15-16H,13-14H2. The molecule has 0 N–H and O–H groups in total. The highest BCUT2D eigenvalue weighted by molar-refractivity contribution is 6.18. The predicted octanol–water partition coefficient (Wildman–Crippen LogP) is 6.73. The van der Waals surface area contributed by atoms with Gasteiger partial charge in [0.2, 0.25) is 0 Å². The summed E-state index contributed by atoms with van der Waals surface area (Å²) >= 11 is 0. The van der Waals surface area contributed by atoms with Crippen molar-refractivity contribution in [2.45, 2.75) is 12.8 Å². The van der Waals surface area contributed by atoms with E-state index in [-0.39, 0.29) is 0 Å². The molecule has 9 rings (SSSR count). The molecule has 2 aliphatic carbocycles. The highest BCUT2D eigenvalue weighted by atomic mass is 15.1. The molecule has 162 valence electrons. The van der Waals surface area contributed by atoms with Gasteiger partial charge in [-0.3, -0.25) is 9.38 Å². The molecule has 4 aromatic heterocycles. The number of hydrogen-bond acceptors (Lipinski definition) is 3. The van der Waals surface area contributed by atoms with Gasteiger partial charge in [-0.2, -0.15) is 0 Å². The molecule has 2 aliphatic rings. The first-order chi connectivity index (χ1) is 17.3. The van der Waals surface area contributed by atoms with Crippen molar-refractivity contribution in [3.8, 4) is 22.3 Å². The molecule has 3 aromatic carbocycles. The van der Waals surface area contributed by atoms with E-state index in [4.69, 9.17) is 15.0 Å². The summed E-state index contributed by atoms with van der Waals surface area (Å²) in [6.45, 7) is 0. The van der Waals surface area contributed by atoms with Gasteiger partial charge in [0.05, 0.1) is 11.0 Å². The van der Waals surface area contributed by atoms with Gasteiger partial charge in [-0.15, -0.1) is 0 Å². The van der Waals surface area contributed by atoms with E-state index in [9.17, 15) is 0 Å². The number of hydrogen-bond donors (Lipinski definition) is 0.